The Morgan fingerprint density at radius 3 is 2.32 bits per heavy atom. The van der Waals surface area contributed by atoms with Gasteiger partial charge in [-0.25, -0.2) is 9.18 Å². The van der Waals surface area contributed by atoms with E-state index in [0.29, 0.717) is 6.42 Å². The maximum atomic E-state index is 14.9. The van der Waals surface area contributed by atoms with E-state index in [1.165, 1.54) is 24.5 Å². The molecule has 0 aliphatic carbocycles. The number of carboxylic acids is 1. The van der Waals surface area contributed by atoms with Gasteiger partial charge in [-0.2, -0.15) is 13.2 Å². The van der Waals surface area contributed by atoms with Crippen LogP contribution < -0.4 is 11.1 Å². The van der Waals surface area contributed by atoms with Crippen LogP contribution in [-0.2, 0) is 9.59 Å². The first-order chi connectivity index (χ1) is 14.4. The predicted molar refractivity (Wildman–Crippen MR) is 103 cm³/mol. The van der Waals surface area contributed by atoms with Crippen molar-refractivity contribution < 1.29 is 37.1 Å². The van der Waals surface area contributed by atoms with Crippen molar-refractivity contribution in [1.82, 2.24) is 10.3 Å². The second-order valence-corrected chi connectivity index (χ2v) is 6.41. The van der Waals surface area contributed by atoms with Crippen LogP contribution in [0.2, 0.25) is 5.02 Å². The van der Waals surface area contributed by atoms with Gasteiger partial charge in [-0.3, -0.25) is 14.6 Å². The summed E-state index contributed by atoms with van der Waals surface area (Å²) in [6.07, 6.45) is -1.70. The Kier molecular flexibility index (Phi) is 9.53. The van der Waals surface area contributed by atoms with E-state index < -0.39 is 35.7 Å². The van der Waals surface area contributed by atoms with Gasteiger partial charge in [-0.15, -0.1) is 0 Å². The number of nitrogens with zero attached hydrogens (tertiary/aromatic N) is 1. The van der Waals surface area contributed by atoms with Gasteiger partial charge >= 0.3 is 12.1 Å². The van der Waals surface area contributed by atoms with E-state index in [1.807, 2.05) is 6.92 Å². The molecule has 1 atom stereocenters. The minimum Gasteiger partial charge on any atom is -0.475 e. The molecule has 0 saturated heterocycles. The van der Waals surface area contributed by atoms with E-state index in [9.17, 15) is 27.2 Å². The largest absolute Gasteiger partial charge is 0.490 e. The van der Waals surface area contributed by atoms with Crippen LogP contribution in [0, 0.1) is 5.82 Å². The summed E-state index contributed by atoms with van der Waals surface area (Å²) < 4.78 is 46.7. The number of rotatable bonds is 7. The molecule has 12 heteroatoms. The van der Waals surface area contributed by atoms with Crippen LogP contribution in [0.4, 0.5) is 17.6 Å². The molecule has 0 spiro atoms. The predicted octanol–water partition coefficient (Wildman–Crippen LogP) is 3.26. The number of aliphatic carboxylic acids is 1. The number of nitrogens with two attached hydrogens (primary N) is 1. The SMILES string of the molecule is CC[C@@H](NCC(N)=O)c1ccc(Cl)c(C(=O)c2cccnc2)c1F.O=C(O)C(F)(F)F. The Bertz CT molecular complexity index is 940. The molecule has 0 aliphatic heterocycles. The summed E-state index contributed by atoms with van der Waals surface area (Å²) >= 11 is 6.05. The second-order valence-electron chi connectivity index (χ2n) is 6.01. The number of ketones is 1. The van der Waals surface area contributed by atoms with Crippen LogP contribution >= 0.6 is 11.6 Å². The number of primary amides is 1. The van der Waals surface area contributed by atoms with E-state index in [4.69, 9.17) is 27.2 Å². The zero-order valence-electron chi connectivity index (χ0n) is 16.0. The lowest BCUT2D eigenvalue weighted by molar-refractivity contribution is -0.192. The highest BCUT2D eigenvalue weighted by Gasteiger charge is 2.38. The van der Waals surface area contributed by atoms with Crippen molar-refractivity contribution in [1.29, 1.82) is 0 Å². The zero-order valence-corrected chi connectivity index (χ0v) is 16.8. The van der Waals surface area contributed by atoms with Crippen molar-refractivity contribution in [2.45, 2.75) is 25.6 Å². The number of halogens is 5. The van der Waals surface area contributed by atoms with E-state index in [2.05, 4.69) is 10.3 Å². The molecule has 7 nitrogen and oxygen atoms in total. The second kappa shape index (κ2) is 11.4. The van der Waals surface area contributed by atoms with Gasteiger partial charge in [-0.05, 0) is 24.6 Å². The molecule has 1 aromatic carbocycles. The van der Waals surface area contributed by atoms with Crippen molar-refractivity contribution >= 4 is 29.3 Å². The normalized spacial score (nSPS) is 11.8. The van der Waals surface area contributed by atoms with Gasteiger partial charge in [0.1, 0.15) is 5.82 Å². The van der Waals surface area contributed by atoms with Gasteiger partial charge in [0, 0.05) is 29.6 Å². The molecule has 0 aliphatic rings. The molecule has 0 saturated carbocycles. The maximum absolute atomic E-state index is 14.9. The van der Waals surface area contributed by atoms with E-state index in [0.717, 1.165) is 0 Å². The van der Waals surface area contributed by atoms with Crippen molar-refractivity contribution in [2.75, 3.05) is 6.54 Å². The first-order valence-corrected chi connectivity index (χ1v) is 9.02. The van der Waals surface area contributed by atoms with E-state index >= 15 is 0 Å². The molecule has 4 N–H and O–H groups in total. The van der Waals surface area contributed by atoms with Crippen LogP contribution in [0.5, 0.6) is 0 Å². The summed E-state index contributed by atoms with van der Waals surface area (Å²) in [6.45, 7) is 1.74. The molecule has 2 rings (SSSR count). The number of alkyl halides is 3. The Balaban J connectivity index is 0.000000592. The molecule has 1 aromatic heterocycles. The van der Waals surface area contributed by atoms with Crippen LogP contribution in [0.1, 0.15) is 40.9 Å². The number of pyridine rings is 1. The number of aromatic nitrogens is 1. The Labute approximate surface area is 179 Å². The van der Waals surface area contributed by atoms with Crippen molar-refractivity contribution in [3.8, 4) is 0 Å². The lowest BCUT2D eigenvalue weighted by atomic mass is 9.96. The quantitative estimate of drug-likeness (QED) is 0.428. The third-order valence-corrected chi connectivity index (χ3v) is 4.14. The maximum Gasteiger partial charge on any atom is 0.490 e. The highest BCUT2D eigenvalue weighted by atomic mass is 35.5. The smallest absolute Gasteiger partial charge is 0.475 e. The number of carbonyl (C=O) groups is 3. The monoisotopic (exact) mass is 463 g/mol. The van der Waals surface area contributed by atoms with Crippen LogP contribution in [0.25, 0.3) is 0 Å². The summed E-state index contributed by atoms with van der Waals surface area (Å²) in [5, 5.41) is 10.0. The summed E-state index contributed by atoms with van der Waals surface area (Å²) in [5.41, 5.74) is 5.41. The number of hydrogen-bond donors (Lipinski definition) is 3. The number of carboxylic acid groups (broad SMARTS) is 1. The fraction of sp³-hybridized carbons (Fsp3) is 0.263. The number of hydrogen-bond acceptors (Lipinski definition) is 5. The molecular weight excluding hydrogens is 446 g/mol. The fourth-order valence-electron chi connectivity index (χ4n) is 2.39. The van der Waals surface area contributed by atoms with Gasteiger partial charge in [-0.1, -0.05) is 24.6 Å². The highest BCUT2D eigenvalue weighted by molar-refractivity contribution is 6.35. The summed E-state index contributed by atoms with van der Waals surface area (Å²) in [7, 11) is 0. The molecule has 0 fully saturated rings. The first kappa shape index (κ1) is 26.0. The molecule has 0 bridgehead atoms. The average molecular weight is 464 g/mol. The lowest BCUT2D eigenvalue weighted by Gasteiger charge is -2.19. The standard InChI is InChI=1S/C17H17ClFN3O2.C2HF3O2/c1-2-13(22-9-14(20)23)11-5-6-12(18)15(16(11)19)17(24)10-4-3-7-21-8-10;3-2(4,5)1(6)7/h3-8,13,22H,2,9H2,1H3,(H2,20,23);(H,6,7)/t13-;/m1./s1. The third kappa shape index (κ3) is 7.61. The minimum atomic E-state index is -5.08. The molecule has 2 aromatic rings. The molecule has 0 unspecified atom stereocenters. The van der Waals surface area contributed by atoms with E-state index in [-0.39, 0.29) is 28.3 Å². The van der Waals surface area contributed by atoms with Crippen molar-refractivity contribution in [2.24, 2.45) is 5.73 Å². The zero-order chi connectivity index (χ0) is 23.8. The first-order valence-electron chi connectivity index (χ1n) is 8.64. The molecule has 31 heavy (non-hydrogen) atoms. The fourth-order valence-corrected chi connectivity index (χ4v) is 2.62. The Morgan fingerprint density at radius 1 is 1.26 bits per heavy atom. The summed E-state index contributed by atoms with van der Waals surface area (Å²) in [6, 6.07) is 5.64. The number of nitrogens with one attached hydrogen (secondary N) is 1. The van der Waals surface area contributed by atoms with Gasteiger partial charge in [0.25, 0.3) is 0 Å². The van der Waals surface area contributed by atoms with E-state index in [1.54, 1.807) is 12.1 Å². The van der Waals surface area contributed by atoms with Gasteiger partial charge in [0.2, 0.25) is 5.91 Å². The van der Waals surface area contributed by atoms with Crippen molar-refractivity contribution in [3.05, 3.63) is 64.2 Å². The molecule has 168 valence electrons. The average Bonchev–Trinajstić information content (AvgIpc) is 2.70. The molecule has 0 radical (unpaired) electrons. The minimum absolute atomic E-state index is 0.0230. The van der Waals surface area contributed by atoms with Crippen LogP contribution in [0.3, 0.4) is 0 Å². The number of benzene rings is 1. The third-order valence-electron chi connectivity index (χ3n) is 3.82. The summed E-state index contributed by atoms with van der Waals surface area (Å²) in [5.74, 6) is -4.56. The molecule has 1 heterocycles. The topological polar surface area (TPSA) is 122 Å². The van der Waals surface area contributed by atoms with Gasteiger partial charge in [0.05, 0.1) is 17.1 Å². The van der Waals surface area contributed by atoms with Crippen LogP contribution in [0.15, 0.2) is 36.7 Å². The molecule has 1 amide bonds. The summed E-state index contributed by atoms with van der Waals surface area (Å²) in [4.78, 5) is 36.3. The Hall–Kier alpha value is -3.05. The highest BCUT2D eigenvalue weighted by Crippen LogP contribution is 2.29. The number of carbonyl (C=O) groups excluding carboxylic acids is 2. The Morgan fingerprint density at radius 2 is 1.87 bits per heavy atom. The molecular formula is C19H18ClF4N3O4. The van der Waals surface area contributed by atoms with Crippen LogP contribution in [-0.4, -0.2) is 40.5 Å². The van der Waals surface area contributed by atoms with Crippen molar-refractivity contribution in [3.63, 3.8) is 0 Å². The number of amides is 1. The van der Waals surface area contributed by atoms with Gasteiger partial charge < -0.3 is 16.2 Å². The lowest BCUT2D eigenvalue weighted by Crippen LogP contribution is -2.32. The van der Waals surface area contributed by atoms with Gasteiger partial charge in [0.15, 0.2) is 5.78 Å².